The Hall–Kier alpha value is -2.44. The minimum Gasteiger partial charge on any atom is -0.508 e. The maximum absolute atomic E-state index is 12.9. The molecule has 4 rings (SSSR count). The van der Waals surface area contributed by atoms with Crippen molar-refractivity contribution in [3.63, 3.8) is 0 Å². The van der Waals surface area contributed by atoms with E-state index in [1.54, 1.807) is 6.07 Å². The van der Waals surface area contributed by atoms with Crippen molar-refractivity contribution in [2.24, 2.45) is 10.4 Å². The third-order valence-electron chi connectivity index (χ3n) is 5.93. The average Bonchev–Trinajstić information content (AvgIpc) is 2.66. The molecular formula is C22H24F3N3O. The van der Waals surface area contributed by atoms with Gasteiger partial charge in [0.25, 0.3) is 0 Å². The van der Waals surface area contributed by atoms with Crippen LogP contribution < -0.4 is 0 Å². The van der Waals surface area contributed by atoms with Crippen LogP contribution in [0.5, 0.6) is 5.75 Å². The fourth-order valence-electron chi connectivity index (χ4n) is 4.45. The highest BCUT2D eigenvalue weighted by atomic mass is 19.4. The molecule has 154 valence electrons. The first-order chi connectivity index (χ1) is 13.6. The molecule has 1 aromatic heterocycles. The molecule has 0 radical (unpaired) electrons. The van der Waals surface area contributed by atoms with Gasteiger partial charge in [0.15, 0.2) is 0 Å². The van der Waals surface area contributed by atoms with Crippen molar-refractivity contribution in [2.75, 3.05) is 0 Å². The van der Waals surface area contributed by atoms with Gasteiger partial charge in [0, 0.05) is 17.4 Å². The van der Waals surface area contributed by atoms with Gasteiger partial charge in [-0.15, -0.1) is 0 Å². The smallest absolute Gasteiger partial charge is 0.451 e. The Bertz CT molecular complexity index is 960. The SMILES string of the molecule is CC1(C)Cc2nc(C(F)(F)F)ncc2N=C1c1ccc(C2CCCCC2)c(O)c1. The number of aromatic nitrogens is 2. The second-order valence-electron chi connectivity index (χ2n) is 8.65. The van der Waals surface area contributed by atoms with Gasteiger partial charge in [-0.3, -0.25) is 0 Å². The van der Waals surface area contributed by atoms with Gasteiger partial charge in [0.1, 0.15) is 11.4 Å². The van der Waals surface area contributed by atoms with Crippen LogP contribution in [-0.2, 0) is 12.6 Å². The second kappa shape index (κ2) is 7.11. The van der Waals surface area contributed by atoms with Gasteiger partial charge in [0.05, 0.1) is 17.6 Å². The summed E-state index contributed by atoms with van der Waals surface area (Å²) in [7, 11) is 0. The van der Waals surface area contributed by atoms with Crippen LogP contribution in [0, 0.1) is 5.41 Å². The molecule has 0 atom stereocenters. The lowest BCUT2D eigenvalue weighted by molar-refractivity contribution is -0.145. The first kappa shape index (κ1) is 19.9. The molecule has 1 aromatic carbocycles. The van der Waals surface area contributed by atoms with Gasteiger partial charge in [-0.2, -0.15) is 13.2 Å². The number of halogens is 3. The Balaban J connectivity index is 1.70. The van der Waals surface area contributed by atoms with E-state index < -0.39 is 17.4 Å². The van der Waals surface area contributed by atoms with Crippen molar-refractivity contribution in [1.82, 2.24) is 9.97 Å². The molecule has 0 bridgehead atoms. The van der Waals surface area contributed by atoms with Crippen LogP contribution in [0.4, 0.5) is 18.9 Å². The quantitative estimate of drug-likeness (QED) is 0.674. The van der Waals surface area contributed by atoms with Gasteiger partial charge in [-0.1, -0.05) is 45.2 Å². The molecule has 7 heteroatoms. The number of nitrogens with zero attached hydrogens (tertiary/aromatic N) is 3. The minimum atomic E-state index is -4.58. The fraction of sp³-hybridized carbons (Fsp3) is 0.500. The average molecular weight is 403 g/mol. The number of hydrogen-bond acceptors (Lipinski definition) is 4. The summed E-state index contributed by atoms with van der Waals surface area (Å²) in [4.78, 5) is 11.7. The Morgan fingerprint density at radius 3 is 2.48 bits per heavy atom. The summed E-state index contributed by atoms with van der Waals surface area (Å²) in [6.07, 6.45) is 2.66. The van der Waals surface area contributed by atoms with Crippen molar-refractivity contribution in [1.29, 1.82) is 0 Å². The standard InChI is InChI=1S/C22H24F3N3O/c1-21(2)11-16-17(12-26-20(28-16)22(23,24)25)27-19(21)14-8-9-15(18(29)10-14)13-6-4-3-5-7-13/h8-10,12-13,29H,3-7,11H2,1-2H3. The van der Waals surface area contributed by atoms with Gasteiger partial charge in [-0.25, -0.2) is 15.0 Å². The van der Waals surface area contributed by atoms with E-state index in [2.05, 4.69) is 15.0 Å². The number of fused-ring (bicyclic) bond motifs is 1. The first-order valence-corrected chi connectivity index (χ1v) is 10.0. The topological polar surface area (TPSA) is 58.4 Å². The van der Waals surface area contributed by atoms with Crippen molar-refractivity contribution in [3.8, 4) is 5.75 Å². The lowest BCUT2D eigenvalue weighted by atomic mass is 9.76. The van der Waals surface area contributed by atoms with Crippen LogP contribution in [0.15, 0.2) is 29.4 Å². The number of benzene rings is 1. The molecule has 0 saturated heterocycles. The second-order valence-corrected chi connectivity index (χ2v) is 8.65. The Kier molecular flexibility index (Phi) is 4.87. The summed E-state index contributed by atoms with van der Waals surface area (Å²) in [6, 6.07) is 5.67. The zero-order valence-electron chi connectivity index (χ0n) is 16.6. The van der Waals surface area contributed by atoms with E-state index in [1.807, 2.05) is 26.0 Å². The number of phenols is 1. The van der Waals surface area contributed by atoms with Crippen LogP contribution in [-0.4, -0.2) is 20.8 Å². The third-order valence-corrected chi connectivity index (χ3v) is 5.93. The predicted octanol–water partition coefficient (Wildman–Crippen LogP) is 5.95. The van der Waals surface area contributed by atoms with E-state index in [-0.39, 0.29) is 5.75 Å². The highest BCUT2D eigenvalue weighted by Crippen LogP contribution is 2.41. The Morgan fingerprint density at radius 2 is 1.83 bits per heavy atom. The number of rotatable bonds is 2. The molecule has 29 heavy (non-hydrogen) atoms. The largest absolute Gasteiger partial charge is 0.508 e. The number of aromatic hydroxyl groups is 1. The Morgan fingerprint density at radius 1 is 1.10 bits per heavy atom. The van der Waals surface area contributed by atoms with E-state index in [9.17, 15) is 18.3 Å². The van der Waals surface area contributed by atoms with Crippen molar-refractivity contribution in [2.45, 2.75) is 64.5 Å². The molecule has 1 aliphatic carbocycles. The minimum absolute atomic E-state index is 0.266. The summed E-state index contributed by atoms with van der Waals surface area (Å²) in [6.45, 7) is 3.85. The van der Waals surface area contributed by atoms with E-state index in [1.165, 1.54) is 19.3 Å². The lowest BCUT2D eigenvalue weighted by Gasteiger charge is -2.31. The highest BCUT2D eigenvalue weighted by Gasteiger charge is 2.38. The molecule has 2 aliphatic rings. The fourth-order valence-corrected chi connectivity index (χ4v) is 4.45. The van der Waals surface area contributed by atoms with Crippen LogP contribution in [0.25, 0.3) is 0 Å². The molecule has 4 nitrogen and oxygen atoms in total. The molecule has 2 aromatic rings. The van der Waals surface area contributed by atoms with Crippen molar-refractivity contribution >= 4 is 11.4 Å². The van der Waals surface area contributed by atoms with Gasteiger partial charge < -0.3 is 5.11 Å². The van der Waals surface area contributed by atoms with Crippen LogP contribution in [0.1, 0.15) is 74.5 Å². The maximum Gasteiger partial charge on any atom is 0.451 e. The van der Waals surface area contributed by atoms with Crippen molar-refractivity contribution < 1.29 is 18.3 Å². The number of phenolic OH excluding ortho intramolecular Hbond substituents is 1. The van der Waals surface area contributed by atoms with E-state index in [0.717, 1.165) is 35.9 Å². The van der Waals surface area contributed by atoms with E-state index in [4.69, 9.17) is 0 Å². The van der Waals surface area contributed by atoms with Gasteiger partial charge >= 0.3 is 6.18 Å². The zero-order valence-corrected chi connectivity index (χ0v) is 16.6. The molecular weight excluding hydrogens is 379 g/mol. The summed E-state index contributed by atoms with van der Waals surface area (Å²) in [5.74, 6) is -0.489. The molecule has 1 aliphatic heterocycles. The molecule has 0 amide bonds. The lowest BCUT2D eigenvalue weighted by Crippen LogP contribution is -2.31. The predicted molar refractivity (Wildman–Crippen MR) is 105 cm³/mol. The summed E-state index contributed by atoms with van der Waals surface area (Å²) in [5, 5.41) is 10.7. The number of aliphatic imine (C=N–C) groups is 1. The molecule has 0 unspecified atom stereocenters. The monoisotopic (exact) mass is 403 g/mol. The van der Waals surface area contributed by atoms with Crippen molar-refractivity contribution in [3.05, 3.63) is 47.0 Å². The molecule has 0 spiro atoms. The van der Waals surface area contributed by atoms with E-state index in [0.29, 0.717) is 23.7 Å². The molecule has 1 fully saturated rings. The Labute approximate surface area is 167 Å². The van der Waals surface area contributed by atoms with E-state index >= 15 is 0 Å². The number of hydrogen-bond donors (Lipinski definition) is 1. The normalized spacial score (nSPS) is 19.6. The summed E-state index contributed by atoms with van der Waals surface area (Å²) in [5.41, 5.74) is 2.59. The molecule has 1 saturated carbocycles. The zero-order chi connectivity index (χ0) is 20.8. The highest BCUT2D eigenvalue weighted by molar-refractivity contribution is 6.07. The molecule has 2 heterocycles. The molecule has 1 N–H and O–H groups in total. The van der Waals surface area contributed by atoms with Crippen LogP contribution in [0.2, 0.25) is 0 Å². The maximum atomic E-state index is 12.9. The van der Waals surface area contributed by atoms with Gasteiger partial charge in [-0.05, 0) is 30.4 Å². The van der Waals surface area contributed by atoms with Gasteiger partial charge in [0.2, 0.25) is 5.82 Å². The van der Waals surface area contributed by atoms with Crippen LogP contribution in [0.3, 0.4) is 0 Å². The summed E-state index contributed by atoms with van der Waals surface area (Å²) < 4.78 is 38.8. The van der Waals surface area contributed by atoms with Crippen LogP contribution >= 0.6 is 0 Å². The summed E-state index contributed by atoms with van der Waals surface area (Å²) >= 11 is 0. The number of alkyl halides is 3. The first-order valence-electron chi connectivity index (χ1n) is 10.0. The third kappa shape index (κ3) is 3.87.